The average Bonchev–Trinajstić information content (AvgIpc) is 2.46. The summed E-state index contributed by atoms with van der Waals surface area (Å²) >= 11 is 3.43. The second kappa shape index (κ2) is 6.06. The largest absolute Gasteiger partial charge is 0.496 e. The lowest BCUT2D eigenvalue weighted by Crippen LogP contribution is -2.34. The molecule has 1 heterocycles. The Balaban J connectivity index is 1.62. The Hall–Kier alpha value is -1.55. The van der Waals surface area contributed by atoms with Crippen molar-refractivity contribution >= 4 is 21.6 Å². The Kier molecular flexibility index (Phi) is 4.15. The molecule has 1 aromatic heterocycles. The number of para-hydroxylation sites is 1. The molecule has 0 bridgehead atoms. The minimum atomic E-state index is 0.516. The summed E-state index contributed by atoms with van der Waals surface area (Å²) in [5.74, 6) is 1.59. The zero-order chi connectivity index (χ0) is 14.8. The second-order valence-electron chi connectivity index (χ2n) is 5.58. The van der Waals surface area contributed by atoms with Gasteiger partial charge in [-0.05, 0) is 64.9 Å². The van der Waals surface area contributed by atoms with Crippen molar-refractivity contribution in [2.24, 2.45) is 0 Å². The topological polar surface area (TPSA) is 34.1 Å². The molecule has 0 unspecified atom stereocenters. The van der Waals surface area contributed by atoms with Crippen LogP contribution in [0.2, 0.25) is 0 Å². The number of hydrogen-bond donors (Lipinski definition) is 1. The standard InChI is InChI=1S/C17H19BrN2O/c1-11-7-14(10-19-17(11)18)20-13-8-12(9-13)15-5-3-4-6-16(15)21-2/h3-7,10,12-13,20H,8-9H2,1-2H3. The monoisotopic (exact) mass is 346 g/mol. The SMILES string of the molecule is COc1ccccc1C1CC(Nc2cnc(Br)c(C)c2)C1. The summed E-state index contributed by atoms with van der Waals surface area (Å²) in [4.78, 5) is 4.33. The number of hydrogen-bond acceptors (Lipinski definition) is 3. The average molecular weight is 347 g/mol. The van der Waals surface area contributed by atoms with Crippen LogP contribution in [-0.2, 0) is 0 Å². The molecule has 21 heavy (non-hydrogen) atoms. The number of methoxy groups -OCH3 is 1. The van der Waals surface area contributed by atoms with Gasteiger partial charge in [0.15, 0.2) is 0 Å². The number of nitrogens with zero attached hydrogens (tertiary/aromatic N) is 1. The predicted molar refractivity (Wildman–Crippen MR) is 89.1 cm³/mol. The Bertz CT molecular complexity index is 638. The van der Waals surface area contributed by atoms with Crippen LogP contribution in [0.1, 0.15) is 29.9 Å². The number of rotatable bonds is 4. The minimum absolute atomic E-state index is 0.516. The molecular weight excluding hydrogens is 328 g/mol. The highest BCUT2D eigenvalue weighted by Crippen LogP contribution is 2.42. The predicted octanol–water partition coefficient (Wildman–Crippen LogP) is 4.52. The molecule has 1 saturated carbocycles. The van der Waals surface area contributed by atoms with Gasteiger partial charge in [0.05, 0.1) is 19.0 Å². The molecule has 3 nitrogen and oxygen atoms in total. The summed E-state index contributed by atoms with van der Waals surface area (Å²) < 4.78 is 6.36. The van der Waals surface area contributed by atoms with Crippen LogP contribution in [0.25, 0.3) is 0 Å². The van der Waals surface area contributed by atoms with Gasteiger partial charge in [0.1, 0.15) is 10.4 Å². The fraction of sp³-hybridized carbons (Fsp3) is 0.353. The number of anilines is 1. The maximum atomic E-state index is 5.45. The van der Waals surface area contributed by atoms with Crippen LogP contribution in [0, 0.1) is 6.92 Å². The van der Waals surface area contributed by atoms with Gasteiger partial charge in [-0.1, -0.05) is 18.2 Å². The van der Waals surface area contributed by atoms with E-state index in [1.54, 1.807) is 7.11 Å². The maximum Gasteiger partial charge on any atom is 0.122 e. The van der Waals surface area contributed by atoms with Crippen molar-refractivity contribution in [3.8, 4) is 5.75 Å². The Labute approximate surface area is 133 Å². The molecule has 1 aliphatic rings. The third kappa shape index (κ3) is 3.05. The van der Waals surface area contributed by atoms with Crippen LogP contribution in [-0.4, -0.2) is 18.1 Å². The normalized spacial score (nSPS) is 20.7. The van der Waals surface area contributed by atoms with E-state index in [4.69, 9.17) is 4.74 Å². The van der Waals surface area contributed by atoms with Crippen molar-refractivity contribution in [2.45, 2.75) is 31.7 Å². The van der Waals surface area contributed by atoms with E-state index in [1.165, 1.54) is 5.56 Å². The second-order valence-corrected chi connectivity index (χ2v) is 6.33. The van der Waals surface area contributed by atoms with Gasteiger partial charge in [-0.2, -0.15) is 0 Å². The van der Waals surface area contributed by atoms with Crippen molar-refractivity contribution in [3.05, 3.63) is 52.3 Å². The van der Waals surface area contributed by atoms with Gasteiger partial charge in [-0.25, -0.2) is 4.98 Å². The molecule has 0 saturated heterocycles. The fourth-order valence-corrected chi connectivity index (χ4v) is 3.08. The Morgan fingerprint density at radius 1 is 1.29 bits per heavy atom. The lowest BCUT2D eigenvalue weighted by molar-refractivity contribution is 0.349. The summed E-state index contributed by atoms with van der Waals surface area (Å²) in [6.07, 6.45) is 4.15. The highest BCUT2D eigenvalue weighted by atomic mass is 79.9. The Morgan fingerprint density at radius 2 is 2.05 bits per heavy atom. The fourth-order valence-electron chi connectivity index (χ4n) is 2.87. The summed E-state index contributed by atoms with van der Waals surface area (Å²) in [5, 5.41) is 3.56. The molecule has 1 fully saturated rings. The maximum absolute atomic E-state index is 5.45. The van der Waals surface area contributed by atoms with Crippen molar-refractivity contribution in [1.29, 1.82) is 0 Å². The first kappa shape index (κ1) is 14.4. The highest BCUT2D eigenvalue weighted by Gasteiger charge is 2.31. The van der Waals surface area contributed by atoms with Gasteiger partial charge in [-0.15, -0.1) is 0 Å². The van der Waals surface area contributed by atoms with E-state index < -0.39 is 0 Å². The third-order valence-electron chi connectivity index (χ3n) is 4.10. The van der Waals surface area contributed by atoms with E-state index in [1.807, 2.05) is 18.3 Å². The van der Waals surface area contributed by atoms with Gasteiger partial charge >= 0.3 is 0 Å². The number of nitrogens with one attached hydrogen (secondary N) is 1. The summed E-state index contributed by atoms with van der Waals surface area (Å²) in [6, 6.07) is 11.0. The number of benzene rings is 1. The molecule has 0 spiro atoms. The molecule has 1 aromatic carbocycles. The first-order valence-electron chi connectivity index (χ1n) is 7.19. The molecule has 0 atom stereocenters. The highest BCUT2D eigenvalue weighted by molar-refractivity contribution is 9.10. The van der Waals surface area contributed by atoms with Gasteiger partial charge in [0.2, 0.25) is 0 Å². The van der Waals surface area contributed by atoms with Gasteiger partial charge in [-0.3, -0.25) is 0 Å². The number of pyridine rings is 1. The molecule has 1 N–H and O–H groups in total. The van der Waals surface area contributed by atoms with Crippen LogP contribution in [0.4, 0.5) is 5.69 Å². The molecular formula is C17H19BrN2O. The summed E-state index contributed by atoms with van der Waals surface area (Å²) in [6.45, 7) is 2.06. The smallest absolute Gasteiger partial charge is 0.122 e. The van der Waals surface area contributed by atoms with E-state index in [0.29, 0.717) is 12.0 Å². The van der Waals surface area contributed by atoms with Crippen LogP contribution in [0.5, 0.6) is 5.75 Å². The minimum Gasteiger partial charge on any atom is -0.496 e. The van der Waals surface area contributed by atoms with E-state index in [-0.39, 0.29) is 0 Å². The molecule has 110 valence electrons. The lowest BCUT2D eigenvalue weighted by Gasteiger charge is -2.37. The molecule has 0 aliphatic heterocycles. The van der Waals surface area contributed by atoms with E-state index >= 15 is 0 Å². The molecule has 0 radical (unpaired) electrons. The molecule has 2 aromatic rings. The first-order chi connectivity index (χ1) is 10.2. The van der Waals surface area contributed by atoms with Crippen molar-refractivity contribution in [3.63, 3.8) is 0 Å². The zero-order valence-electron chi connectivity index (χ0n) is 12.3. The van der Waals surface area contributed by atoms with Crippen molar-refractivity contribution in [1.82, 2.24) is 4.98 Å². The van der Waals surface area contributed by atoms with Crippen molar-refractivity contribution < 1.29 is 4.74 Å². The molecule has 1 aliphatic carbocycles. The molecule has 4 heteroatoms. The van der Waals surface area contributed by atoms with Crippen LogP contribution < -0.4 is 10.1 Å². The van der Waals surface area contributed by atoms with Crippen LogP contribution in [0.15, 0.2) is 41.1 Å². The van der Waals surface area contributed by atoms with Crippen LogP contribution >= 0.6 is 15.9 Å². The van der Waals surface area contributed by atoms with Gasteiger partial charge in [0.25, 0.3) is 0 Å². The quantitative estimate of drug-likeness (QED) is 0.826. The molecule has 0 amide bonds. The number of aromatic nitrogens is 1. The van der Waals surface area contributed by atoms with Crippen molar-refractivity contribution in [2.75, 3.05) is 12.4 Å². The number of halogens is 1. The van der Waals surface area contributed by atoms with Crippen LogP contribution in [0.3, 0.4) is 0 Å². The summed E-state index contributed by atoms with van der Waals surface area (Å²) in [5.41, 5.74) is 3.57. The van der Waals surface area contributed by atoms with Gasteiger partial charge in [0, 0.05) is 6.04 Å². The first-order valence-corrected chi connectivity index (χ1v) is 7.98. The van der Waals surface area contributed by atoms with E-state index in [2.05, 4.69) is 51.4 Å². The van der Waals surface area contributed by atoms with Gasteiger partial charge < -0.3 is 10.1 Å². The summed E-state index contributed by atoms with van der Waals surface area (Å²) in [7, 11) is 1.74. The lowest BCUT2D eigenvalue weighted by atomic mass is 9.75. The third-order valence-corrected chi connectivity index (χ3v) is 4.93. The van der Waals surface area contributed by atoms with E-state index in [0.717, 1.165) is 34.4 Å². The van der Waals surface area contributed by atoms with E-state index in [9.17, 15) is 0 Å². The number of ether oxygens (including phenoxy) is 1. The zero-order valence-corrected chi connectivity index (χ0v) is 13.9. The molecule has 3 rings (SSSR count). The Morgan fingerprint density at radius 3 is 2.76 bits per heavy atom. The number of aryl methyl sites for hydroxylation is 1.